The number of hydrogen-bond acceptors (Lipinski definition) is 7. The van der Waals surface area contributed by atoms with Crippen LogP contribution in [0, 0.1) is 10.1 Å². The highest BCUT2D eigenvalue weighted by molar-refractivity contribution is 7.99. The molecular weight excluding hydrogens is 388 g/mol. The number of hydrogen-bond donors (Lipinski definition) is 1. The Kier molecular flexibility index (Phi) is 5.68. The highest BCUT2D eigenvalue weighted by Crippen LogP contribution is 2.37. The number of nitrogens with one attached hydrogen (secondary N) is 1. The molecule has 1 aromatic heterocycles. The number of carbonyl (C=O) groups is 1. The van der Waals surface area contributed by atoms with Crippen LogP contribution < -0.4 is 5.32 Å². The van der Waals surface area contributed by atoms with Crippen LogP contribution in [0.5, 0.6) is 0 Å². The lowest BCUT2D eigenvalue weighted by atomic mass is 10.1. The van der Waals surface area contributed by atoms with Gasteiger partial charge in [0.15, 0.2) is 10.8 Å². The van der Waals surface area contributed by atoms with Crippen molar-refractivity contribution in [1.82, 2.24) is 9.97 Å². The number of carbonyl (C=O) groups excluding carboxylic acids is 1. The SMILES string of the molecule is CC(=O)c1cccc(Nc2ncnc(Sc3ccc(Cl)cc3)c2[N+](=O)[O-])c1. The van der Waals surface area contributed by atoms with Gasteiger partial charge in [0, 0.05) is 21.2 Å². The van der Waals surface area contributed by atoms with Gasteiger partial charge < -0.3 is 5.32 Å². The van der Waals surface area contributed by atoms with Crippen LogP contribution in [-0.4, -0.2) is 20.7 Å². The fraction of sp³-hybridized carbons (Fsp3) is 0.0556. The van der Waals surface area contributed by atoms with Crippen molar-refractivity contribution < 1.29 is 9.72 Å². The van der Waals surface area contributed by atoms with Crippen LogP contribution in [0.15, 0.2) is 64.8 Å². The van der Waals surface area contributed by atoms with Gasteiger partial charge in [-0.3, -0.25) is 14.9 Å². The summed E-state index contributed by atoms with van der Waals surface area (Å²) in [5.74, 6) is -0.0537. The van der Waals surface area contributed by atoms with E-state index in [0.717, 1.165) is 16.7 Å². The van der Waals surface area contributed by atoms with Crippen LogP contribution in [0.3, 0.4) is 0 Å². The molecule has 0 bridgehead atoms. The molecule has 2 aromatic carbocycles. The van der Waals surface area contributed by atoms with Gasteiger partial charge in [-0.25, -0.2) is 9.97 Å². The number of nitrogens with zero attached hydrogens (tertiary/aromatic N) is 3. The summed E-state index contributed by atoms with van der Waals surface area (Å²) in [7, 11) is 0. The maximum Gasteiger partial charge on any atom is 0.343 e. The molecule has 1 heterocycles. The monoisotopic (exact) mass is 400 g/mol. The van der Waals surface area contributed by atoms with Crippen molar-refractivity contribution >= 4 is 46.3 Å². The van der Waals surface area contributed by atoms with Crippen molar-refractivity contribution in [2.45, 2.75) is 16.8 Å². The van der Waals surface area contributed by atoms with E-state index in [2.05, 4.69) is 15.3 Å². The van der Waals surface area contributed by atoms with E-state index in [0.29, 0.717) is 16.3 Å². The Morgan fingerprint density at radius 3 is 2.59 bits per heavy atom. The van der Waals surface area contributed by atoms with Gasteiger partial charge in [-0.05, 0) is 43.3 Å². The molecule has 0 unspecified atom stereocenters. The van der Waals surface area contributed by atoms with Crippen molar-refractivity contribution in [3.63, 3.8) is 0 Å². The smallest absolute Gasteiger partial charge is 0.334 e. The molecule has 9 heteroatoms. The van der Waals surface area contributed by atoms with Crippen LogP contribution in [0.4, 0.5) is 17.2 Å². The summed E-state index contributed by atoms with van der Waals surface area (Å²) in [6.07, 6.45) is 1.25. The molecule has 1 N–H and O–H groups in total. The topological polar surface area (TPSA) is 98.0 Å². The zero-order valence-corrected chi connectivity index (χ0v) is 15.6. The normalized spacial score (nSPS) is 10.4. The highest BCUT2D eigenvalue weighted by atomic mass is 35.5. The van der Waals surface area contributed by atoms with Crippen LogP contribution in [0.25, 0.3) is 0 Å². The van der Waals surface area contributed by atoms with Crippen molar-refractivity contribution in [3.05, 3.63) is 75.6 Å². The lowest BCUT2D eigenvalue weighted by molar-refractivity contribution is -0.387. The molecule has 3 aromatic rings. The Labute approximate surface area is 164 Å². The summed E-state index contributed by atoms with van der Waals surface area (Å²) >= 11 is 7.01. The number of benzene rings is 2. The third-order valence-electron chi connectivity index (χ3n) is 3.53. The Hall–Kier alpha value is -2.97. The molecule has 0 radical (unpaired) electrons. The van der Waals surface area contributed by atoms with E-state index in [4.69, 9.17) is 11.6 Å². The molecule has 3 rings (SSSR count). The van der Waals surface area contributed by atoms with Crippen LogP contribution >= 0.6 is 23.4 Å². The largest absolute Gasteiger partial charge is 0.343 e. The van der Waals surface area contributed by atoms with Gasteiger partial charge in [-0.2, -0.15) is 0 Å². The van der Waals surface area contributed by atoms with Crippen LogP contribution in [0.1, 0.15) is 17.3 Å². The van der Waals surface area contributed by atoms with Gasteiger partial charge in [0.25, 0.3) is 0 Å². The van der Waals surface area contributed by atoms with E-state index in [1.165, 1.54) is 13.3 Å². The number of anilines is 2. The van der Waals surface area contributed by atoms with Crippen molar-refractivity contribution in [3.8, 4) is 0 Å². The molecule has 136 valence electrons. The van der Waals surface area contributed by atoms with E-state index in [9.17, 15) is 14.9 Å². The zero-order valence-electron chi connectivity index (χ0n) is 14.0. The van der Waals surface area contributed by atoms with Gasteiger partial charge in [-0.15, -0.1) is 0 Å². The standard InChI is InChI=1S/C18H13ClN4O3S/c1-11(24)12-3-2-4-14(9-12)22-17-16(23(25)26)18(21-10-20-17)27-15-7-5-13(19)6-8-15/h2-10H,1H3,(H,20,21,22). The fourth-order valence-electron chi connectivity index (χ4n) is 2.26. The first-order valence-electron chi connectivity index (χ1n) is 7.75. The molecule has 0 fully saturated rings. The first-order chi connectivity index (χ1) is 12.9. The maximum absolute atomic E-state index is 11.6. The summed E-state index contributed by atoms with van der Waals surface area (Å²) in [6.45, 7) is 1.45. The molecule has 0 aliphatic rings. The molecule has 0 aliphatic heterocycles. The average Bonchev–Trinajstić information content (AvgIpc) is 2.64. The van der Waals surface area contributed by atoms with E-state index < -0.39 is 4.92 Å². The summed E-state index contributed by atoms with van der Waals surface area (Å²) < 4.78 is 0. The quantitative estimate of drug-likeness (QED) is 0.265. The Bertz CT molecular complexity index is 1010. The lowest BCUT2D eigenvalue weighted by Gasteiger charge is -2.09. The molecule has 0 amide bonds. The second-order valence-electron chi connectivity index (χ2n) is 5.45. The number of nitro groups is 1. The number of rotatable bonds is 6. The molecule has 0 saturated heterocycles. The van der Waals surface area contributed by atoms with E-state index >= 15 is 0 Å². The molecule has 0 spiro atoms. The van der Waals surface area contributed by atoms with Gasteiger partial charge in [0.2, 0.25) is 5.82 Å². The molecule has 0 saturated carbocycles. The van der Waals surface area contributed by atoms with Crippen molar-refractivity contribution in [1.29, 1.82) is 0 Å². The van der Waals surface area contributed by atoms with Gasteiger partial charge in [-0.1, -0.05) is 35.5 Å². The lowest BCUT2D eigenvalue weighted by Crippen LogP contribution is -2.03. The summed E-state index contributed by atoms with van der Waals surface area (Å²) in [4.78, 5) is 31.5. The van der Waals surface area contributed by atoms with Crippen molar-refractivity contribution in [2.24, 2.45) is 0 Å². The predicted molar refractivity (Wildman–Crippen MR) is 104 cm³/mol. The summed E-state index contributed by atoms with van der Waals surface area (Å²) in [5, 5.41) is 15.3. The van der Waals surface area contributed by atoms with E-state index in [1.807, 2.05) is 0 Å². The number of Topliss-reactive ketones (excluding diaryl/α,β-unsaturated/α-hetero) is 1. The minimum Gasteiger partial charge on any atom is -0.334 e. The Morgan fingerprint density at radius 2 is 1.93 bits per heavy atom. The second kappa shape index (κ2) is 8.15. The first-order valence-corrected chi connectivity index (χ1v) is 8.94. The fourth-order valence-corrected chi connectivity index (χ4v) is 3.25. The predicted octanol–water partition coefficient (Wildman–Crippen LogP) is 5.14. The minimum absolute atomic E-state index is 0.0483. The summed E-state index contributed by atoms with van der Waals surface area (Å²) in [5.41, 5.74) is 0.769. The second-order valence-corrected chi connectivity index (χ2v) is 6.95. The number of aromatic nitrogens is 2. The van der Waals surface area contributed by atoms with Crippen LogP contribution in [-0.2, 0) is 0 Å². The Balaban J connectivity index is 1.96. The molecule has 27 heavy (non-hydrogen) atoms. The number of ketones is 1. The average molecular weight is 401 g/mol. The van der Waals surface area contributed by atoms with E-state index in [1.54, 1.807) is 48.5 Å². The van der Waals surface area contributed by atoms with Gasteiger partial charge in [0.1, 0.15) is 6.33 Å². The molecular formula is C18H13ClN4O3S. The number of halogens is 1. The summed E-state index contributed by atoms with van der Waals surface area (Å²) in [6, 6.07) is 13.6. The van der Waals surface area contributed by atoms with Gasteiger partial charge >= 0.3 is 5.69 Å². The first kappa shape index (κ1) is 18.8. The van der Waals surface area contributed by atoms with Gasteiger partial charge in [0.05, 0.1) is 4.92 Å². The maximum atomic E-state index is 11.6. The third-order valence-corrected chi connectivity index (χ3v) is 4.78. The zero-order chi connectivity index (χ0) is 19.4. The van der Waals surface area contributed by atoms with Crippen molar-refractivity contribution in [2.75, 3.05) is 5.32 Å². The molecule has 0 atom stereocenters. The molecule has 0 aliphatic carbocycles. The molecule has 7 nitrogen and oxygen atoms in total. The Morgan fingerprint density at radius 1 is 1.19 bits per heavy atom. The third kappa shape index (κ3) is 4.60. The minimum atomic E-state index is -0.532. The van der Waals surface area contributed by atoms with Crippen LogP contribution in [0.2, 0.25) is 5.02 Å². The van der Waals surface area contributed by atoms with E-state index in [-0.39, 0.29) is 22.3 Å². The highest BCUT2D eigenvalue weighted by Gasteiger charge is 2.24.